The van der Waals surface area contributed by atoms with Crippen LogP contribution in [0.15, 0.2) is 47.4 Å². The quantitative estimate of drug-likeness (QED) is 0.812. The molecule has 1 atom stereocenters. The van der Waals surface area contributed by atoms with Gasteiger partial charge in [0.25, 0.3) is 0 Å². The Bertz CT molecular complexity index is 569. The molecule has 0 aliphatic rings. The maximum atomic E-state index is 13.6. The lowest BCUT2D eigenvalue weighted by Gasteiger charge is -2.15. The molecule has 0 aromatic heterocycles. The van der Waals surface area contributed by atoms with E-state index in [0.29, 0.717) is 12.1 Å². The van der Waals surface area contributed by atoms with Crippen LogP contribution < -0.4 is 5.32 Å². The van der Waals surface area contributed by atoms with Crippen LogP contribution in [0.3, 0.4) is 0 Å². The fourth-order valence-corrected chi connectivity index (χ4v) is 2.39. The van der Waals surface area contributed by atoms with Crippen LogP contribution in [0.5, 0.6) is 0 Å². The lowest BCUT2D eigenvalue weighted by Crippen LogP contribution is -2.19. The molecule has 106 valence electrons. The van der Waals surface area contributed by atoms with Crippen LogP contribution in [-0.4, -0.2) is 6.26 Å². The van der Waals surface area contributed by atoms with Gasteiger partial charge in [-0.15, -0.1) is 11.8 Å². The van der Waals surface area contributed by atoms with Gasteiger partial charge in [0.1, 0.15) is 11.6 Å². The Morgan fingerprint density at radius 2 is 1.80 bits per heavy atom. The second kappa shape index (κ2) is 6.86. The summed E-state index contributed by atoms with van der Waals surface area (Å²) < 4.78 is 26.5. The molecule has 0 spiro atoms. The average Bonchev–Trinajstić information content (AvgIpc) is 2.45. The van der Waals surface area contributed by atoms with E-state index in [9.17, 15) is 8.78 Å². The number of benzene rings is 2. The normalized spacial score (nSPS) is 12.4. The third-order valence-corrected chi connectivity index (χ3v) is 3.94. The van der Waals surface area contributed by atoms with Gasteiger partial charge < -0.3 is 5.32 Å². The maximum Gasteiger partial charge on any atom is 0.130 e. The Morgan fingerprint density at radius 3 is 2.40 bits per heavy atom. The van der Waals surface area contributed by atoms with Crippen LogP contribution >= 0.6 is 11.8 Å². The molecule has 2 aromatic carbocycles. The van der Waals surface area contributed by atoms with Gasteiger partial charge in [-0.05, 0) is 36.9 Å². The summed E-state index contributed by atoms with van der Waals surface area (Å²) in [5.41, 5.74) is 1.62. The molecular weight excluding hydrogens is 276 g/mol. The zero-order chi connectivity index (χ0) is 14.5. The van der Waals surface area contributed by atoms with Crippen molar-refractivity contribution in [3.05, 3.63) is 65.2 Å². The molecule has 0 fully saturated rings. The van der Waals surface area contributed by atoms with E-state index in [0.717, 1.165) is 11.6 Å². The van der Waals surface area contributed by atoms with E-state index in [1.54, 1.807) is 11.8 Å². The third kappa shape index (κ3) is 3.81. The summed E-state index contributed by atoms with van der Waals surface area (Å²) in [5, 5.41) is 3.24. The van der Waals surface area contributed by atoms with E-state index in [2.05, 4.69) is 17.4 Å². The standard InChI is InChI=1S/C16H17F2NS/c1-11(15-8-5-13(17)9-16(15)18)19-10-12-3-6-14(20-2)7-4-12/h3-9,11,19H,10H2,1-2H3. The Kier molecular flexibility index (Phi) is 5.15. The van der Waals surface area contributed by atoms with Gasteiger partial charge in [0, 0.05) is 29.1 Å². The molecule has 0 bridgehead atoms. The van der Waals surface area contributed by atoms with E-state index >= 15 is 0 Å². The van der Waals surface area contributed by atoms with Gasteiger partial charge in [0.15, 0.2) is 0 Å². The smallest absolute Gasteiger partial charge is 0.130 e. The van der Waals surface area contributed by atoms with Gasteiger partial charge in [-0.25, -0.2) is 8.78 Å². The number of thioether (sulfide) groups is 1. The van der Waals surface area contributed by atoms with Gasteiger partial charge in [0.2, 0.25) is 0 Å². The summed E-state index contributed by atoms with van der Waals surface area (Å²) in [6, 6.07) is 11.7. The fraction of sp³-hybridized carbons (Fsp3) is 0.250. The molecule has 4 heteroatoms. The van der Waals surface area contributed by atoms with Gasteiger partial charge in [0.05, 0.1) is 0 Å². The molecule has 0 aliphatic carbocycles. The van der Waals surface area contributed by atoms with Crippen molar-refractivity contribution in [2.75, 3.05) is 6.26 Å². The van der Waals surface area contributed by atoms with Crippen molar-refractivity contribution in [3.63, 3.8) is 0 Å². The van der Waals surface area contributed by atoms with Crippen LogP contribution in [-0.2, 0) is 6.54 Å². The Balaban J connectivity index is 1.98. The molecule has 0 saturated heterocycles. The predicted octanol–water partition coefficient (Wildman–Crippen LogP) is 4.54. The number of hydrogen-bond donors (Lipinski definition) is 1. The van der Waals surface area contributed by atoms with Crippen LogP contribution in [0, 0.1) is 11.6 Å². The highest BCUT2D eigenvalue weighted by atomic mass is 32.2. The lowest BCUT2D eigenvalue weighted by molar-refractivity contribution is 0.517. The number of rotatable bonds is 5. The molecule has 0 aliphatic heterocycles. The van der Waals surface area contributed by atoms with Crippen LogP contribution in [0.1, 0.15) is 24.1 Å². The first kappa shape index (κ1) is 15.0. The molecular formula is C16H17F2NS. The van der Waals surface area contributed by atoms with Crippen molar-refractivity contribution in [2.24, 2.45) is 0 Å². The zero-order valence-corrected chi connectivity index (χ0v) is 12.3. The molecule has 2 aromatic rings. The topological polar surface area (TPSA) is 12.0 Å². The minimum Gasteiger partial charge on any atom is -0.306 e. The highest BCUT2D eigenvalue weighted by Gasteiger charge is 2.11. The molecule has 0 saturated carbocycles. The van der Waals surface area contributed by atoms with E-state index in [1.807, 2.05) is 25.3 Å². The minimum absolute atomic E-state index is 0.171. The van der Waals surface area contributed by atoms with Crippen LogP contribution in [0.2, 0.25) is 0 Å². The van der Waals surface area contributed by atoms with Crippen molar-refractivity contribution in [2.45, 2.75) is 24.4 Å². The third-order valence-electron chi connectivity index (χ3n) is 3.20. The Labute approximate surface area is 122 Å². The predicted molar refractivity (Wildman–Crippen MR) is 79.8 cm³/mol. The summed E-state index contributed by atoms with van der Waals surface area (Å²) in [5.74, 6) is -1.06. The molecule has 0 radical (unpaired) electrons. The van der Waals surface area contributed by atoms with Crippen molar-refractivity contribution >= 4 is 11.8 Å². The molecule has 0 amide bonds. The first-order valence-electron chi connectivity index (χ1n) is 6.41. The summed E-state index contributed by atoms with van der Waals surface area (Å²) in [7, 11) is 0. The van der Waals surface area contributed by atoms with Crippen molar-refractivity contribution in [3.8, 4) is 0 Å². The molecule has 0 heterocycles. The summed E-state index contributed by atoms with van der Waals surface area (Å²) in [6.45, 7) is 2.51. The van der Waals surface area contributed by atoms with Gasteiger partial charge in [-0.1, -0.05) is 18.2 Å². The first-order valence-corrected chi connectivity index (χ1v) is 7.64. The van der Waals surface area contributed by atoms with E-state index in [-0.39, 0.29) is 6.04 Å². The number of halogens is 2. The monoisotopic (exact) mass is 293 g/mol. The van der Waals surface area contributed by atoms with Gasteiger partial charge in [-0.3, -0.25) is 0 Å². The number of hydrogen-bond acceptors (Lipinski definition) is 2. The second-order valence-corrected chi connectivity index (χ2v) is 5.50. The first-order chi connectivity index (χ1) is 9.60. The summed E-state index contributed by atoms with van der Waals surface area (Å²) in [4.78, 5) is 1.21. The maximum absolute atomic E-state index is 13.6. The SMILES string of the molecule is CSc1ccc(CNC(C)c2ccc(F)cc2F)cc1. The van der Waals surface area contributed by atoms with Gasteiger partial charge in [-0.2, -0.15) is 0 Å². The second-order valence-electron chi connectivity index (χ2n) is 4.62. The minimum atomic E-state index is -0.550. The molecule has 2 rings (SSSR count). The average molecular weight is 293 g/mol. The summed E-state index contributed by atoms with van der Waals surface area (Å²) in [6.07, 6.45) is 2.03. The largest absolute Gasteiger partial charge is 0.306 e. The molecule has 1 unspecified atom stereocenters. The highest BCUT2D eigenvalue weighted by Crippen LogP contribution is 2.19. The van der Waals surface area contributed by atoms with Crippen LogP contribution in [0.25, 0.3) is 0 Å². The molecule has 1 nitrogen and oxygen atoms in total. The fourth-order valence-electron chi connectivity index (χ4n) is 1.98. The lowest BCUT2D eigenvalue weighted by atomic mass is 10.1. The van der Waals surface area contributed by atoms with E-state index in [4.69, 9.17) is 0 Å². The molecule has 1 N–H and O–H groups in total. The van der Waals surface area contributed by atoms with E-state index < -0.39 is 11.6 Å². The van der Waals surface area contributed by atoms with E-state index in [1.165, 1.54) is 17.0 Å². The molecule has 20 heavy (non-hydrogen) atoms. The van der Waals surface area contributed by atoms with Crippen molar-refractivity contribution < 1.29 is 8.78 Å². The van der Waals surface area contributed by atoms with Crippen LogP contribution in [0.4, 0.5) is 8.78 Å². The Morgan fingerprint density at radius 1 is 1.10 bits per heavy atom. The van der Waals surface area contributed by atoms with Crippen molar-refractivity contribution in [1.29, 1.82) is 0 Å². The Hall–Kier alpha value is -1.39. The number of nitrogens with one attached hydrogen (secondary N) is 1. The summed E-state index contributed by atoms with van der Waals surface area (Å²) >= 11 is 1.70. The highest BCUT2D eigenvalue weighted by molar-refractivity contribution is 7.98. The van der Waals surface area contributed by atoms with Gasteiger partial charge >= 0.3 is 0 Å². The zero-order valence-electron chi connectivity index (χ0n) is 11.5. The van der Waals surface area contributed by atoms with Crippen molar-refractivity contribution in [1.82, 2.24) is 5.32 Å².